The molecular weight excluding hydrogens is 532 g/mol. The molecule has 9 heteroatoms. The highest BCUT2D eigenvalue weighted by molar-refractivity contribution is 6.09. The Labute approximate surface area is 246 Å². The second-order valence-corrected chi connectivity index (χ2v) is 11.3. The molecule has 42 heavy (non-hydrogen) atoms. The molecule has 3 aromatic rings. The van der Waals surface area contributed by atoms with E-state index in [1.807, 2.05) is 61.5 Å². The Balaban J connectivity index is 1.23. The van der Waals surface area contributed by atoms with Crippen LogP contribution >= 0.6 is 0 Å². The number of hydrazine groups is 1. The number of anilines is 2. The van der Waals surface area contributed by atoms with Gasteiger partial charge in [-0.15, -0.1) is 4.91 Å². The molecule has 1 unspecified atom stereocenters. The predicted octanol–water partition coefficient (Wildman–Crippen LogP) is 6.00. The van der Waals surface area contributed by atoms with Crippen molar-refractivity contribution in [3.8, 4) is 11.5 Å². The fraction of sp³-hybridized carbons (Fsp3) is 0.394. The van der Waals surface area contributed by atoms with Gasteiger partial charge in [0.15, 0.2) is 0 Å². The van der Waals surface area contributed by atoms with Gasteiger partial charge in [-0.1, -0.05) is 30.3 Å². The van der Waals surface area contributed by atoms with Gasteiger partial charge in [0.05, 0.1) is 30.7 Å². The lowest BCUT2D eigenvalue weighted by molar-refractivity contribution is -0.118. The lowest BCUT2D eigenvalue weighted by Gasteiger charge is -2.35. The summed E-state index contributed by atoms with van der Waals surface area (Å²) in [5.74, 6) is 7.69. The van der Waals surface area contributed by atoms with Crippen molar-refractivity contribution in [1.82, 2.24) is 0 Å². The minimum Gasteiger partial charge on any atom is -0.497 e. The second kappa shape index (κ2) is 13.2. The number of nitrogens with two attached hydrogens (primary N) is 1. The Morgan fingerprint density at radius 1 is 1.00 bits per heavy atom. The fourth-order valence-corrected chi connectivity index (χ4v) is 5.82. The third-order valence-electron chi connectivity index (χ3n) is 8.44. The van der Waals surface area contributed by atoms with Crippen LogP contribution in [0.5, 0.6) is 11.5 Å². The highest BCUT2D eigenvalue weighted by atomic mass is 16.5. The van der Waals surface area contributed by atoms with Gasteiger partial charge in [0.2, 0.25) is 0 Å². The molecule has 2 aliphatic rings. The van der Waals surface area contributed by atoms with Crippen LogP contribution in [0.15, 0.2) is 71.9 Å². The van der Waals surface area contributed by atoms with Crippen molar-refractivity contribution in [2.45, 2.75) is 44.9 Å². The molecule has 1 saturated heterocycles. The number of nitroso groups, excluding NO2 is 1. The van der Waals surface area contributed by atoms with Gasteiger partial charge >= 0.3 is 0 Å². The molecule has 0 spiro atoms. The maximum Gasteiger partial charge on any atom is 0.286 e. The zero-order valence-electron chi connectivity index (χ0n) is 24.2. The molecule has 0 radical (unpaired) electrons. The van der Waals surface area contributed by atoms with E-state index in [9.17, 15) is 14.5 Å². The number of amides is 2. The molecule has 3 aromatic carbocycles. The molecule has 1 saturated carbocycles. The summed E-state index contributed by atoms with van der Waals surface area (Å²) in [6.45, 7) is 4.04. The normalized spacial score (nSPS) is 16.0. The summed E-state index contributed by atoms with van der Waals surface area (Å²) in [6.07, 6.45) is 4.09. The first-order valence-electron chi connectivity index (χ1n) is 14.5. The van der Waals surface area contributed by atoms with E-state index < -0.39 is 5.91 Å². The Hall–Kier alpha value is -4.24. The van der Waals surface area contributed by atoms with E-state index in [1.165, 1.54) is 5.01 Å². The Morgan fingerprint density at radius 2 is 1.76 bits per heavy atom. The number of rotatable bonds is 11. The third-order valence-corrected chi connectivity index (χ3v) is 8.44. The predicted molar refractivity (Wildman–Crippen MR) is 163 cm³/mol. The minimum atomic E-state index is -0.597. The van der Waals surface area contributed by atoms with E-state index in [-0.39, 0.29) is 18.2 Å². The van der Waals surface area contributed by atoms with Crippen molar-refractivity contribution in [2.75, 3.05) is 36.7 Å². The zero-order valence-corrected chi connectivity index (χ0v) is 24.2. The molecule has 2 N–H and O–H groups in total. The Kier molecular flexibility index (Phi) is 9.17. The number of hydrogen-bond donors (Lipinski definition) is 1. The van der Waals surface area contributed by atoms with Crippen molar-refractivity contribution < 1.29 is 19.1 Å². The molecule has 0 bridgehead atoms. The first-order valence-corrected chi connectivity index (χ1v) is 14.5. The highest BCUT2D eigenvalue weighted by Crippen LogP contribution is 2.45. The summed E-state index contributed by atoms with van der Waals surface area (Å²) in [6, 6.07) is 20.9. The van der Waals surface area contributed by atoms with Crippen LogP contribution in [0.25, 0.3) is 0 Å². The second-order valence-electron chi connectivity index (χ2n) is 11.3. The van der Waals surface area contributed by atoms with E-state index in [0.29, 0.717) is 35.4 Å². The number of para-hydroxylation sites is 1. The van der Waals surface area contributed by atoms with Crippen molar-refractivity contribution in [3.63, 3.8) is 0 Å². The number of methoxy groups -OCH3 is 1. The van der Waals surface area contributed by atoms with E-state index >= 15 is 0 Å². The van der Waals surface area contributed by atoms with Gasteiger partial charge in [0.25, 0.3) is 11.8 Å². The standard InChI is InChI=1S/C33H38N4O5/c1-22-6-3-4-9-30(22)37(34)33(39)28-13-12-26(41-2)19-31(28)36-16-14-23(15-17-36)21-42-27-8-5-7-25(18-27)29(24-10-11-24)20-32(38)35-40/h3-9,12-13,18-19,23-24,29H,10-11,14-17,20-21,34H2,1-2H3. The molecule has 1 aliphatic carbocycles. The van der Waals surface area contributed by atoms with Crippen molar-refractivity contribution in [2.24, 2.45) is 22.9 Å². The summed E-state index contributed by atoms with van der Waals surface area (Å²) in [7, 11) is 1.62. The molecule has 0 aromatic heterocycles. The first kappa shape index (κ1) is 29.3. The van der Waals surface area contributed by atoms with E-state index in [0.717, 1.165) is 61.3 Å². The minimum absolute atomic E-state index is 0.0111. The lowest BCUT2D eigenvalue weighted by Crippen LogP contribution is -2.40. The van der Waals surface area contributed by atoms with Crippen LogP contribution < -0.4 is 25.2 Å². The van der Waals surface area contributed by atoms with Gasteiger partial charge in [-0.25, -0.2) is 10.9 Å². The van der Waals surface area contributed by atoms with Gasteiger partial charge in [-0.3, -0.25) is 9.59 Å². The van der Waals surface area contributed by atoms with Gasteiger partial charge in [-0.05, 0) is 91.8 Å². The summed E-state index contributed by atoms with van der Waals surface area (Å²) in [4.78, 5) is 38.2. The fourth-order valence-electron chi connectivity index (χ4n) is 5.82. The Bertz CT molecular complexity index is 1430. The lowest BCUT2D eigenvalue weighted by atomic mass is 9.90. The molecule has 2 amide bonds. The number of nitrogens with zero attached hydrogens (tertiary/aromatic N) is 3. The van der Waals surface area contributed by atoms with Crippen LogP contribution in [-0.4, -0.2) is 38.6 Å². The number of hydrogen-bond acceptors (Lipinski definition) is 7. The van der Waals surface area contributed by atoms with Gasteiger partial charge in [-0.2, -0.15) is 0 Å². The molecule has 220 valence electrons. The molecule has 2 fully saturated rings. The van der Waals surface area contributed by atoms with Crippen molar-refractivity contribution in [3.05, 3.63) is 88.3 Å². The molecule has 1 heterocycles. The molecule has 1 atom stereocenters. The highest BCUT2D eigenvalue weighted by Gasteiger charge is 2.34. The average molecular weight is 571 g/mol. The van der Waals surface area contributed by atoms with Gasteiger partial charge < -0.3 is 14.4 Å². The van der Waals surface area contributed by atoms with E-state index in [2.05, 4.69) is 10.1 Å². The number of piperidine rings is 1. The van der Waals surface area contributed by atoms with Gasteiger partial charge in [0, 0.05) is 30.8 Å². The van der Waals surface area contributed by atoms with Crippen LogP contribution in [-0.2, 0) is 4.79 Å². The van der Waals surface area contributed by atoms with Crippen LogP contribution in [0.4, 0.5) is 11.4 Å². The molecule has 9 nitrogen and oxygen atoms in total. The number of ether oxygens (including phenoxy) is 2. The maximum absolute atomic E-state index is 13.6. The van der Waals surface area contributed by atoms with Crippen LogP contribution in [0, 0.1) is 23.7 Å². The van der Waals surface area contributed by atoms with Crippen LogP contribution in [0.1, 0.15) is 59.5 Å². The quantitative estimate of drug-likeness (QED) is 0.130. The Morgan fingerprint density at radius 3 is 2.45 bits per heavy atom. The van der Waals surface area contributed by atoms with E-state index in [1.54, 1.807) is 19.2 Å². The van der Waals surface area contributed by atoms with Crippen molar-refractivity contribution in [1.29, 1.82) is 0 Å². The molecular formula is C33H38N4O5. The third kappa shape index (κ3) is 6.79. The van der Waals surface area contributed by atoms with Gasteiger partial charge in [0.1, 0.15) is 11.5 Å². The zero-order chi connectivity index (χ0) is 29.6. The largest absolute Gasteiger partial charge is 0.497 e. The summed E-state index contributed by atoms with van der Waals surface area (Å²) in [5.41, 5.74) is 3.95. The van der Waals surface area contributed by atoms with Crippen LogP contribution in [0.2, 0.25) is 0 Å². The van der Waals surface area contributed by atoms with Crippen LogP contribution in [0.3, 0.4) is 0 Å². The number of carbonyl (C=O) groups is 2. The number of benzene rings is 3. The first-order chi connectivity index (χ1) is 20.4. The average Bonchev–Trinajstić information content (AvgIpc) is 3.87. The summed E-state index contributed by atoms with van der Waals surface area (Å²) < 4.78 is 11.7. The maximum atomic E-state index is 13.6. The summed E-state index contributed by atoms with van der Waals surface area (Å²) >= 11 is 0. The number of carbonyl (C=O) groups excluding carboxylic acids is 2. The van der Waals surface area contributed by atoms with Crippen molar-refractivity contribution >= 4 is 23.2 Å². The summed E-state index contributed by atoms with van der Waals surface area (Å²) in [5, 5.41) is 3.82. The number of aryl methyl sites for hydroxylation is 1. The van der Waals surface area contributed by atoms with E-state index in [4.69, 9.17) is 15.3 Å². The smallest absolute Gasteiger partial charge is 0.286 e. The molecule has 1 aliphatic heterocycles. The monoisotopic (exact) mass is 570 g/mol. The molecule has 5 rings (SSSR count). The topological polar surface area (TPSA) is 115 Å². The SMILES string of the molecule is COc1ccc(C(=O)N(N)c2ccccc2C)c(N2CCC(COc3cccc(C(CC(=O)N=O)C4CC4)c3)CC2)c1.